The van der Waals surface area contributed by atoms with Crippen molar-refractivity contribution in [1.82, 2.24) is 0 Å². The summed E-state index contributed by atoms with van der Waals surface area (Å²) in [6.07, 6.45) is 1.66. The van der Waals surface area contributed by atoms with Crippen LogP contribution in [0.4, 0.5) is 0 Å². The normalized spacial score (nSPS) is 14.1. The summed E-state index contributed by atoms with van der Waals surface area (Å²) < 4.78 is 17.4. The lowest BCUT2D eigenvalue weighted by atomic mass is 9.97. The van der Waals surface area contributed by atoms with Gasteiger partial charge >= 0.3 is 5.97 Å². The lowest BCUT2D eigenvalue weighted by Crippen LogP contribution is -2.28. The van der Waals surface area contributed by atoms with Gasteiger partial charge in [0.2, 0.25) is 0 Å². The molecule has 3 rings (SSSR count). The van der Waals surface area contributed by atoms with Crippen LogP contribution in [-0.2, 0) is 32.2 Å². The first kappa shape index (κ1) is 20.5. The number of halogens is 1. The highest BCUT2D eigenvalue weighted by atomic mass is 35.5. The van der Waals surface area contributed by atoms with Gasteiger partial charge in [0.1, 0.15) is 12.9 Å². The van der Waals surface area contributed by atoms with Crippen molar-refractivity contribution in [2.75, 3.05) is 6.26 Å². The standard InChI is InChI=1S/C23H21ClO3S/c1-23(24,22(25)27-16-17-8-4-3-5-9-17)19-14-12-18(13-15-19)20-10-6-7-11-21(20)28(2)26/h3-15H,16H2,1-2H3. The predicted molar refractivity (Wildman–Crippen MR) is 114 cm³/mol. The molecule has 0 N–H and O–H groups in total. The molecule has 0 saturated heterocycles. The van der Waals surface area contributed by atoms with Gasteiger partial charge in [-0.2, -0.15) is 0 Å². The third kappa shape index (κ3) is 4.58. The molecule has 0 radical (unpaired) electrons. The Hall–Kier alpha value is -2.27. The zero-order valence-corrected chi connectivity index (χ0v) is 17.3. The topological polar surface area (TPSA) is 49.4 Å². The molecule has 0 amide bonds. The fourth-order valence-electron chi connectivity index (χ4n) is 2.90. The van der Waals surface area contributed by atoms with Crippen LogP contribution in [0, 0.1) is 0 Å². The molecule has 0 aliphatic heterocycles. The lowest BCUT2D eigenvalue weighted by Gasteiger charge is -2.21. The van der Waals surface area contributed by atoms with E-state index in [-0.39, 0.29) is 6.61 Å². The Labute approximate surface area is 173 Å². The zero-order chi connectivity index (χ0) is 20.1. The van der Waals surface area contributed by atoms with E-state index in [1.54, 1.807) is 13.2 Å². The summed E-state index contributed by atoms with van der Waals surface area (Å²) in [7, 11) is 0. The molecule has 3 nitrogen and oxygen atoms in total. The largest absolute Gasteiger partial charge is 0.612 e. The van der Waals surface area contributed by atoms with Crippen molar-refractivity contribution in [2.45, 2.75) is 23.3 Å². The Kier molecular flexibility index (Phi) is 6.45. The van der Waals surface area contributed by atoms with Crippen molar-refractivity contribution >= 4 is 28.7 Å². The minimum atomic E-state index is -1.29. The number of ether oxygens (including phenoxy) is 1. The van der Waals surface area contributed by atoms with Crippen LogP contribution in [0.25, 0.3) is 11.1 Å². The molecule has 3 aromatic carbocycles. The quantitative estimate of drug-likeness (QED) is 0.314. The SMILES string of the molecule is C[S+]([O-])c1ccccc1-c1ccc(C(C)(Cl)C(=O)OCc2ccccc2)cc1. The number of alkyl halides is 1. The van der Waals surface area contributed by atoms with Crippen molar-refractivity contribution in [3.63, 3.8) is 0 Å². The van der Waals surface area contributed by atoms with E-state index in [4.69, 9.17) is 16.3 Å². The van der Waals surface area contributed by atoms with Gasteiger partial charge in [0.15, 0.2) is 9.77 Å². The summed E-state index contributed by atoms with van der Waals surface area (Å²) in [5.74, 6) is -0.499. The maximum atomic E-state index is 12.5. The Morgan fingerprint density at radius 3 is 2.25 bits per heavy atom. The Balaban J connectivity index is 1.77. The zero-order valence-electron chi connectivity index (χ0n) is 15.7. The summed E-state index contributed by atoms with van der Waals surface area (Å²) in [5.41, 5.74) is 3.37. The molecule has 0 saturated carbocycles. The second kappa shape index (κ2) is 8.82. The van der Waals surface area contributed by atoms with Crippen molar-refractivity contribution < 1.29 is 14.1 Å². The van der Waals surface area contributed by atoms with Gasteiger partial charge in [-0.25, -0.2) is 4.79 Å². The van der Waals surface area contributed by atoms with Gasteiger partial charge in [0.05, 0.1) is 0 Å². The van der Waals surface area contributed by atoms with E-state index < -0.39 is 22.0 Å². The van der Waals surface area contributed by atoms with Gasteiger partial charge in [-0.1, -0.05) is 66.7 Å². The van der Waals surface area contributed by atoms with Crippen LogP contribution in [0.3, 0.4) is 0 Å². The second-order valence-electron chi connectivity index (χ2n) is 6.59. The average Bonchev–Trinajstić information content (AvgIpc) is 2.72. The monoisotopic (exact) mass is 412 g/mol. The Morgan fingerprint density at radius 1 is 1.00 bits per heavy atom. The Bertz CT molecular complexity index is 938. The maximum absolute atomic E-state index is 12.5. The molecule has 0 aliphatic carbocycles. The van der Waals surface area contributed by atoms with Crippen molar-refractivity contribution in [3.8, 4) is 11.1 Å². The van der Waals surface area contributed by atoms with E-state index in [0.717, 1.165) is 21.6 Å². The third-order valence-electron chi connectivity index (χ3n) is 4.53. The molecule has 28 heavy (non-hydrogen) atoms. The molecule has 0 spiro atoms. The van der Waals surface area contributed by atoms with Crippen LogP contribution in [0.2, 0.25) is 0 Å². The molecule has 5 heteroatoms. The van der Waals surface area contributed by atoms with E-state index in [9.17, 15) is 9.35 Å². The molecule has 0 heterocycles. The van der Waals surface area contributed by atoms with Gasteiger partial charge in [0, 0.05) is 5.56 Å². The van der Waals surface area contributed by atoms with Crippen LogP contribution in [0.5, 0.6) is 0 Å². The molecular weight excluding hydrogens is 392 g/mol. The fraction of sp³-hybridized carbons (Fsp3) is 0.174. The predicted octanol–water partition coefficient (Wildman–Crippen LogP) is 5.29. The molecular formula is C23H21ClO3S. The maximum Gasteiger partial charge on any atom is 0.331 e. The highest BCUT2D eigenvalue weighted by molar-refractivity contribution is 7.90. The van der Waals surface area contributed by atoms with Crippen molar-refractivity contribution in [1.29, 1.82) is 0 Å². The third-order valence-corrected chi connectivity index (χ3v) is 5.88. The molecule has 2 atom stereocenters. The van der Waals surface area contributed by atoms with E-state index in [0.29, 0.717) is 5.56 Å². The second-order valence-corrected chi connectivity index (χ2v) is 8.70. The van der Waals surface area contributed by atoms with E-state index in [2.05, 4.69) is 0 Å². The molecule has 3 aromatic rings. The first-order valence-corrected chi connectivity index (χ1v) is 10.8. The number of hydrogen-bond donors (Lipinski definition) is 0. The summed E-state index contributed by atoms with van der Waals surface area (Å²) in [4.78, 5) is 12.0. The fourth-order valence-corrected chi connectivity index (χ4v) is 3.84. The molecule has 0 aromatic heterocycles. The molecule has 144 valence electrons. The number of hydrogen-bond acceptors (Lipinski definition) is 3. The van der Waals surface area contributed by atoms with Gasteiger partial charge in [-0.3, -0.25) is 0 Å². The van der Waals surface area contributed by atoms with Gasteiger partial charge in [-0.15, -0.1) is 11.6 Å². The molecule has 2 unspecified atom stereocenters. The van der Waals surface area contributed by atoms with Gasteiger partial charge in [0.25, 0.3) is 0 Å². The van der Waals surface area contributed by atoms with Crippen LogP contribution < -0.4 is 0 Å². The Morgan fingerprint density at radius 2 is 1.61 bits per heavy atom. The van der Waals surface area contributed by atoms with Gasteiger partial charge in [-0.05, 0) is 46.9 Å². The minimum Gasteiger partial charge on any atom is -0.612 e. The molecule has 0 bridgehead atoms. The molecule has 0 aliphatic rings. The highest BCUT2D eigenvalue weighted by Gasteiger charge is 2.34. The number of carbonyl (C=O) groups is 1. The minimum absolute atomic E-state index is 0.176. The van der Waals surface area contributed by atoms with Crippen LogP contribution >= 0.6 is 11.6 Å². The first-order chi connectivity index (χ1) is 13.4. The first-order valence-electron chi connectivity index (χ1n) is 8.83. The van der Waals surface area contributed by atoms with Crippen LogP contribution in [0.1, 0.15) is 18.1 Å². The van der Waals surface area contributed by atoms with Crippen LogP contribution in [-0.4, -0.2) is 16.8 Å². The summed E-state index contributed by atoms with van der Waals surface area (Å²) in [6, 6.07) is 24.4. The van der Waals surface area contributed by atoms with E-state index in [1.165, 1.54) is 0 Å². The number of rotatable bonds is 6. The smallest absolute Gasteiger partial charge is 0.331 e. The van der Waals surface area contributed by atoms with Crippen molar-refractivity contribution in [2.24, 2.45) is 0 Å². The molecule has 0 fully saturated rings. The van der Waals surface area contributed by atoms with E-state index in [1.807, 2.05) is 78.9 Å². The number of esters is 1. The summed E-state index contributed by atoms with van der Waals surface area (Å²) >= 11 is 5.44. The number of benzene rings is 3. The number of carbonyl (C=O) groups excluding carboxylic acids is 1. The summed E-state index contributed by atoms with van der Waals surface area (Å²) in [6.45, 7) is 1.81. The highest BCUT2D eigenvalue weighted by Crippen LogP contribution is 2.33. The van der Waals surface area contributed by atoms with Crippen LogP contribution in [0.15, 0.2) is 83.8 Å². The van der Waals surface area contributed by atoms with E-state index >= 15 is 0 Å². The average molecular weight is 413 g/mol. The van der Waals surface area contributed by atoms with Crippen molar-refractivity contribution in [3.05, 3.63) is 90.0 Å². The summed E-state index contributed by atoms with van der Waals surface area (Å²) in [5, 5.41) is 0. The van der Waals surface area contributed by atoms with Gasteiger partial charge < -0.3 is 9.29 Å². The lowest BCUT2D eigenvalue weighted by molar-refractivity contribution is -0.148.